The standard InChI is InChI=1S/C15H17N3/c1-3-18-14-7-4-11(9-16)8-13(14)17-15(18)10(2)12-5-6-12/h4,7-8,10,12H,3,5-6H2,1-2H3. The minimum Gasteiger partial charge on any atom is -0.328 e. The van der Waals surface area contributed by atoms with Gasteiger partial charge < -0.3 is 4.57 Å². The maximum atomic E-state index is 8.95. The Morgan fingerprint density at radius 1 is 1.50 bits per heavy atom. The van der Waals surface area contributed by atoms with Crippen molar-refractivity contribution in [3.8, 4) is 6.07 Å². The van der Waals surface area contributed by atoms with E-state index in [0.29, 0.717) is 11.5 Å². The average Bonchev–Trinajstić information content (AvgIpc) is 3.17. The van der Waals surface area contributed by atoms with Crippen LogP contribution in [-0.2, 0) is 6.54 Å². The zero-order valence-corrected chi connectivity index (χ0v) is 10.8. The Kier molecular flexibility index (Phi) is 2.59. The molecule has 18 heavy (non-hydrogen) atoms. The topological polar surface area (TPSA) is 41.6 Å². The molecule has 3 nitrogen and oxygen atoms in total. The third-order valence-corrected chi connectivity index (χ3v) is 3.96. The van der Waals surface area contributed by atoms with E-state index in [4.69, 9.17) is 10.2 Å². The van der Waals surface area contributed by atoms with Gasteiger partial charge in [-0.3, -0.25) is 0 Å². The molecule has 92 valence electrons. The van der Waals surface area contributed by atoms with E-state index in [9.17, 15) is 0 Å². The molecular weight excluding hydrogens is 222 g/mol. The van der Waals surface area contributed by atoms with Gasteiger partial charge in [0.1, 0.15) is 5.82 Å². The molecule has 1 aliphatic carbocycles. The molecule has 1 unspecified atom stereocenters. The third kappa shape index (κ3) is 1.69. The van der Waals surface area contributed by atoms with Crippen molar-refractivity contribution in [2.75, 3.05) is 0 Å². The Balaban J connectivity index is 2.16. The van der Waals surface area contributed by atoms with E-state index in [1.54, 1.807) is 0 Å². The van der Waals surface area contributed by atoms with Crippen LogP contribution in [0.25, 0.3) is 11.0 Å². The van der Waals surface area contributed by atoms with Crippen LogP contribution in [0.15, 0.2) is 18.2 Å². The smallest absolute Gasteiger partial charge is 0.112 e. The fraction of sp³-hybridized carbons (Fsp3) is 0.467. The number of rotatable bonds is 3. The normalized spacial score (nSPS) is 16.7. The molecule has 1 saturated carbocycles. The summed E-state index contributed by atoms with van der Waals surface area (Å²) < 4.78 is 2.29. The lowest BCUT2D eigenvalue weighted by Crippen LogP contribution is -2.07. The third-order valence-electron chi connectivity index (χ3n) is 3.96. The highest BCUT2D eigenvalue weighted by Gasteiger charge is 2.32. The molecule has 1 atom stereocenters. The van der Waals surface area contributed by atoms with Crippen LogP contribution in [0.1, 0.15) is 44.0 Å². The SMILES string of the molecule is CCn1c(C(C)C2CC2)nc2cc(C#N)ccc21. The first-order chi connectivity index (χ1) is 8.74. The van der Waals surface area contributed by atoms with Gasteiger partial charge in [0.05, 0.1) is 22.7 Å². The Morgan fingerprint density at radius 2 is 2.28 bits per heavy atom. The van der Waals surface area contributed by atoms with Crippen LogP contribution in [0.3, 0.4) is 0 Å². The highest BCUT2D eigenvalue weighted by molar-refractivity contribution is 5.78. The van der Waals surface area contributed by atoms with Crippen LogP contribution in [-0.4, -0.2) is 9.55 Å². The molecule has 0 spiro atoms. The lowest BCUT2D eigenvalue weighted by molar-refractivity contribution is 0.578. The highest BCUT2D eigenvalue weighted by atomic mass is 15.1. The fourth-order valence-electron chi connectivity index (χ4n) is 2.70. The maximum Gasteiger partial charge on any atom is 0.112 e. The number of imidazole rings is 1. The number of aryl methyl sites for hydroxylation is 1. The van der Waals surface area contributed by atoms with Gasteiger partial charge >= 0.3 is 0 Å². The van der Waals surface area contributed by atoms with E-state index in [0.717, 1.165) is 23.5 Å². The fourth-order valence-corrected chi connectivity index (χ4v) is 2.70. The van der Waals surface area contributed by atoms with E-state index >= 15 is 0 Å². The predicted molar refractivity (Wildman–Crippen MR) is 71.3 cm³/mol. The zero-order valence-electron chi connectivity index (χ0n) is 10.8. The molecule has 3 heteroatoms. The summed E-state index contributed by atoms with van der Waals surface area (Å²) in [5.41, 5.74) is 2.80. The summed E-state index contributed by atoms with van der Waals surface area (Å²) in [6.07, 6.45) is 2.66. The first-order valence-corrected chi connectivity index (χ1v) is 6.65. The Bertz CT molecular complexity index is 629. The molecule has 0 radical (unpaired) electrons. The first kappa shape index (κ1) is 11.3. The summed E-state index contributed by atoms with van der Waals surface area (Å²) in [6.45, 7) is 5.37. The summed E-state index contributed by atoms with van der Waals surface area (Å²) in [7, 11) is 0. The molecule has 3 rings (SSSR count). The maximum absolute atomic E-state index is 8.95. The molecular formula is C15H17N3. The summed E-state index contributed by atoms with van der Waals surface area (Å²) >= 11 is 0. The van der Waals surface area contributed by atoms with Gasteiger partial charge in [-0.15, -0.1) is 0 Å². The quantitative estimate of drug-likeness (QED) is 0.823. The van der Waals surface area contributed by atoms with Gasteiger partial charge in [-0.2, -0.15) is 5.26 Å². The Morgan fingerprint density at radius 3 is 2.89 bits per heavy atom. The molecule has 1 aromatic heterocycles. The number of benzene rings is 1. The lowest BCUT2D eigenvalue weighted by Gasteiger charge is -2.12. The van der Waals surface area contributed by atoms with Crippen molar-refractivity contribution in [3.05, 3.63) is 29.6 Å². The Hall–Kier alpha value is -1.82. The highest BCUT2D eigenvalue weighted by Crippen LogP contribution is 2.42. The van der Waals surface area contributed by atoms with Crippen LogP contribution < -0.4 is 0 Å². The van der Waals surface area contributed by atoms with Crippen molar-refractivity contribution in [1.82, 2.24) is 9.55 Å². The molecule has 1 heterocycles. The molecule has 0 bridgehead atoms. The number of aromatic nitrogens is 2. The van der Waals surface area contributed by atoms with Gasteiger partial charge in [-0.05, 0) is 43.9 Å². The second kappa shape index (κ2) is 4.13. The summed E-state index contributed by atoms with van der Waals surface area (Å²) in [4.78, 5) is 4.77. The molecule has 0 aliphatic heterocycles. The van der Waals surface area contributed by atoms with Crippen LogP contribution in [0.2, 0.25) is 0 Å². The van der Waals surface area contributed by atoms with Crippen molar-refractivity contribution in [1.29, 1.82) is 5.26 Å². The monoisotopic (exact) mass is 239 g/mol. The van der Waals surface area contributed by atoms with Gasteiger partial charge in [-0.1, -0.05) is 6.92 Å². The second-order valence-corrected chi connectivity index (χ2v) is 5.16. The van der Waals surface area contributed by atoms with Crippen molar-refractivity contribution >= 4 is 11.0 Å². The minimum atomic E-state index is 0.530. The van der Waals surface area contributed by atoms with Crippen LogP contribution in [0, 0.1) is 17.2 Å². The van der Waals surface area contributed by atoms with Crippen LogP contribution in [0.5, 0.6) is 0 Å². The number of nitriles is 1. The van der Waals surface area contributed by atoms with Crippen molar-refractivity contribution in [3.63, 3.8) is 0 Å². The number of nitrogens with zero attached hydrogens (tertiary/aromatic N) is 3. The molecule has 0 amide bonds. The summed E-state index contributed by atoms with van der Waals surface area (Å²) in [5.74, 6) is 2.52. The lowest BCUT2D eigenvalue weighted by atomic mass is 10.1. The molecule has 1 aliphatic rings. The van der Waals surface area contributed by atoms with Crippen molar-refractivity contribution in [2.45, 2.75) is 39.2 Å². The largest absolute Gasteiger partial charge is 0.328 e. The predicted octanol–water partition coefficient (Wildman–Crippen LogP) is 3.44. The van der Waals surface area contributed by atoms with E-state index in [1.165, 1.54) is 18.7 Å². The van der Waals surface area contributed by atoms with Gasteiger partial charge in [0.15, 0.2) is 0 Å². The van der Waals surface area contributed by atoms with E-state index in [-0.39, 0.29) is 0 Å². The zero-order chi connectivity index (χ0) is 12.7. The summed E-state index contributed by atoms with van der Waals surface area (Å²) in [6, 6.07) is 7.97. The van der Waals surface area contributed by atoms with Gasteiger partial charge in [-0.25, -0.2) is 4.98 Å². The van der Waals surface area contributed by atoms with Crippen molar-refractivity contribution in [2.24, 2.45) is 5.92 Å². The number of fused-ring (bicyclic) bond motifs is 1. The minimum absolute atomic E-state index is 0.530. The summed E-state index contributed by atoms with van der Waals surface area (Å²) in [5, 5.41) is 8.95. The average molecular weight is 239 g/mol. The van der Waals surface area contributed by atoms with Crippen LogP contribution >= 0.6 is 0 Å². The van der Waals surface area contributed by atoms with Gasteiger partial charge in [0.25, 0.3) is 0 Å². The van der Waals surface area contributed by atoms with E-state index in [1.807, 2.05) is 18.2 Å². The first-order valence-electron chi connectivity index (χ1n) is 6.65. The number of hydrogen-bond acceptors (Lipinski definition) is 2. The van der Waals surface area contributed by atoms with Gasteiger partial charge in [0.2, 0.25) is 0 Å². The molecule has 2 aromatic rings. The van der Waals surface area contributed by atoms with E-state index < -0.39 is 0 Å². The molecule has 1 aromatic carbocycles. The van der Waals surface area contributed by atoms with Gasteiger partial charge in [0, 0.05) is 12.5 Å². The number of hydrogen-bond donors (Lipinski definition) is 0. The Labute approximate surface area is 107 Å². The van der Waals surface area contributed by atoms with Crippen LogP contribution in [0.4, 0.5) is 0 Å². The second-order valence-electron chi connectivity index (χ2n) is 5.16. The molecule has 0 saturated heterocycles. The van der Waals surface area contributed by atoms with E-state index in [2.05, 4.69) is 24.5 Å². The molecule has 0 N–H and O–H groups in total. The van der Waals surface area contributed by atoms with Crippen molar-refractivity contribution < 1.29 is 0 Å². The molecule has 1 fully saturated rings.